The first-order valence-corrected chi connectivity index (χ1v) is 9.79. The van der Waals surface area contributed by atoms with E-state index in [1.54, 1.807) is 13.2 Å². The van der Waals surface area contributed by atoms with E-state index in [-0.39, 0.29) is 5.91 Å². The van der Waals surface area contributed by atoms with Crippen molar-refractivity contribution in [1.82, 2.24) is 15.3 Å². The highest BCUT2D eigenvalue weighted by Crippen LogP contribution is 2.19. The molecule has 6 nitrogen and oxygen atoms in total. The topological polar surface area (TPSA) is 76.1 Å². The fraction of sp³-hybridized carbons (Fsp3) is 0.261. The third-order valence-corrected chi connectivity index (χ3v) is 4.44. The van der Waals surface area contributed by atoms with Gasteiger partial charge in [0.25, 0.3) is 5.91 Å². The van der Waals surface area contributed by atoms with Crippen LogP contribution in [0.1, 0.15) is 35.8 Å². The number of nitrogens with one attached hydrogen (secondary N) is 2. The number of carbonyl (C=O) groups excluding carboxylic acids is 1. The molecule has 150 valence electrons. The normalized spacial score (nSPS) is 10.4. The lowest BCUT2D eigenvalue weighted by Gasteiger charge is -2.11. The highest BCUT2D eigenvalue weighted by molar-refractivity contribution is 5.93. The van der Waals surface area contributed by atoms with Gasteiger partial charge in [0.05, 0.1) is 7.11 Å². The van der Waals surface area contributed by atoms with Gasteiger partial charge in [-0.15, -0.1) is 0 Å². The van der Waals surface area contributed by atoms with Gasteiger partial charge in [0.1, 0.15) is 17.3 Å². The van der Waals surface area contributed by atoms with Gasteiger partial charge < -0.3 is 15.4 Å². The molecule has 1 heterocycles. The average molecular weight is 390 g/mol. The molecule has 6 heteroatoms. The minimum absolute atomic E-state index is 0.189. The number of nitrogens with zero attached hydrogens (tertiary/aromatic N) is 2. The number of anilines is 1. The molecule has 0 bridgehead atoms. The second-order valence-corrected chi connectivity index (χ2v) is 6.64. The van der Waals surface area contributed by atoms with Gasteiger partial charge in [-0.2, -0.15) is 0 Å². The molecule has 3 rings (SSSR count). The molecule has 0 spiro atoms. The number of aromatic nitrogens is 2. The molecule has 0 fully saturated rings. The predicted molar refractivity (Wildman–Crippen MR) is 115 cm³/mol. The lowest BCUT2D eigenvalue weighted by Crippen LogP contribution is -2.25. The van der Waals surface area contributed by atoms with Gasteiger partial charge in [-0.25, -0.2) is 9.97 Å². The average Bonchev–Trinajstić information content (AvgIpc) is 2.78. The van der Waals surface area contributed by atoms with E-state index in [1.807, 2.05) is 54.6 Å². The Balaban J connectivity index is 1.82. The summed E-state index contributed by atoms with van der Waals surface area (Å²) in [5, 5.41) is 6.22. The number of methoxy groups -OCH3 is 1. The first-order chi connectivity index (χ1) is 14.2. The molecule has 0 aliphatic heterocycles. The van der Waals surface area contributed by atoms with Crippen molar-refractivity contribution >= 4 is 11.7 Å². The fourth-order valence-corrected chi connectivity index (χ4v) is 2.78. The number of hydrogen-bond acceptors (Lipinski definition) is 5. The molecule has 3 aromatic rings. The van der Waals surface area contributed by atoms with Crippen LogP contribution in [0.2, 0.25) is 0 Å². The predicted octanol–water partition coefficient (Wildman–Crippen LogP) is 4.29. The Hall–Kier alpha value is -3.41. The second-order valence-electron chi connectivity index (χ2n) is 6.64. The highest BCUT2D eigenvalue weighted by Gasteiger charge is 2.13. The van der Waals surface area contributed by atoms with Crippen LogP contribution in [0.3, 0.4) is 0 Å². The molecule has 29 heavy (non-hydrogen) atoms. The molecule has 0 saturated carbocycles. The molecule has 0 atom stereocenters. The molecule has 0 radical (unpaired) electrons. The van der Waals surface area contributed by atoms with Crippen LogP contribution in [0, 0.1) is 0 Å². The van der Waals surface area contributed by atoms with Crippen LogP contribution in [0.25, 0.3) is 11.4 Å². The second kappa shape index (κ2) is 10.2. The zero-order valence-electron chi connectivity index (χ0n) is 16.8. The van der Waals surface area contributed by atoms with Crippen molar-refractivity contribution < 1.29 is 9.53 Å². The Labute approximate surface area is 171 Å². The zero-order chi connectivity index (χ0) is 20.5. The van der Waals surface area contributed by atoms with Gasteiger partial charge in [0, 0.05) is 24.7 Å². The summed E-state index contributed by atoms with van der Waals surface area (Å²) in [5.41, 5.74) is 2.30. The van der Waals surface area contributed by atoms with Crippen molar-refractivity contribution in [3.05, 3.63) is 71.9 Å². The molecule has 0 aliphatic rings. The van der Waals surface area contributed by atoms with Gasteiger partial charge >= 0.3 is 0 Å². The van der Waals surface area contributed by atoms with E-state index < -0.39 is 0 Å². The summed E-state index contributed by atoms with van der Waals surface area (Å²) < 4.78 is 5.19. The van der Waals surface area contributed by atoms with Crippen LogP contribution in [-0.2, 0) is 6.54 Å². The van der Waals surface area contributed by atoms with E-state index >= 15 is 0 Å². The minimum atomic E-state index is -0.189. The molecule has 1 amide bonds. The summed E-state index contributed by atoms with van der Waals surface area (Å²) in [6.07, 6.45) is 1.96. The van der Waals surface area contributed by atoms with Gasteiger partial charge in [-0.3, -0.25) is 4.79 Å². The molecule has 0 aliphatic carbocycles. The van der Waals surface area contributed by atoms with Crippen molar-refractivity contribution in [2.24, 2.45) is 0 Å². The molecule has 0 unspecified atom stereocenters. The Morgan fingerprint density at radius 2 is 1.79 bits per heavy atom. The molecule has 1 aromatic heterocycles. The molecular formula is C23H26N4O2. The Kier molecular flexibility index (Phi) is 7.16. The van der Waals surface area contributed by atoms with Crippen LogP contribution in [0.15, 0.2) is 60.7 Å². The third-order valence-electron chi connectivity index (χ3n) is 4.44. The van der Waals surface area contributed by atoms with Gasteiger partial charge in [-0.05, 0) is 24.1 Å². The Bertz CT molecular complexity index is 927. The van der Waals surface area contributed by atoms with Crippen LogP contribution >= 0.6 is 0 Å². The van der Waals surface area contributed by atoms with Crippen molar-refractivity contribution in [3.8, 4) is 17.1 Å². The van der Waals surface area contributed by atoms with Crippen LogP contribution in [-0.4, -0.2) is 29.5 Å². The van der Waals surface area contributed by atoms with Crippen molar-refractivity contribution in [3.63, 3.8) is 0 Å². The van der Waals surface area contributed by atoms with Crippen molar-refractivity contribution in [2.75, 3.05) is 19.0 Å². The highest BCUT2D eigenvalue weighted by atomic mass is 16.5. The quantitative estimate of drug-likeness (QED) is 0.533. The van der Waals surface area contributed by atoms with Crippen LogP contribution < -0.4 is 15.4 Å². The van der Waals surface area contributed by atoms with Crippen LogP contribution in [0.5, 0.6) is 5.75 Å². The Morgan fingerprint density at radius 1 is 1.03 bits per heavy atom. The Morgan fingerprint density at radius 3 is 2.48 bits per heavy atom. The van der Waals surface area contributed by atoms with Crippen molar-refractivity contribution in [1.29, 1.82) is 0 Å². The lowest BCUT2D eigenvalue weighted by atomic mass is 10.2. The smallest absolute Gasteiger partial charge is 0.270 e. The number of amides is 1. The number of carbonyl (C=O) groups is 1. The number of ether oxygens (including phenoxy) is 1. The number of rotatable bonds is 9. The number of unbranched alkanes of at least 4 members (excludes halogenated alkanes) is 1. The summed E-state index contributed by atoms with van der Waals surface area (Å²) in [6, 6.07) is 19.2. The summed E-state index contributed by atoms with van der Waals surface area (Å²) in [7, 11) is 1.65. The maximum atomic E-state index is 12.6. The first kappa shape index (κ1) is 20.3. The molecular weight excluding hydrogens is 364 g/mol. The number of hydrogen-bond donors (Lipinski definition) is 2. The lowest BCUT2D eigenvalue weighted by molar-refractivity contribution is 0.0948. The number of benzene rings is 2. The summed E-state index contributed by atoms with van der Waals surface area (Å²) in [6.45, 7) is 3.30. The summed E-state index contributed by atoms with van der Waals surface area (Å²) in [5.74, 6) is 1.75. The van der Waals surface area contributed by atoms with E-state index in [0.29, 0.717) is 30.4 Å². The molecule has 2 N–H and O–H groups in total. The maximum absolute atomic E-state index is 12.6. The minimum Gasteiger partial charge on any atom is -0.497 e. The maximum Gasteiger partial charge on any atom is 0.270 e. The summed E-state index contributed by atoms with van der Waals surface area (Å²) in [4.78, 5) is 21.6. The monoisotopic (exact) mass is 390 g/mol. The van der Waals surface area contributed by atoms with E-state index in [4.69, 9.17) is 4.74 Å². The van der Waals surface area contributed by atoms with E-state index in [9.17, 15) is 4.79 Å². The third kappa shape index (κ3) is 5.78. The largest absolute Gasteiger partial charge is 0.497 e. The van der Waals surface area contributed by atoms with Crippen LogP contribution in [0.4, 0.5) is 5.82 Å². The van der Waals surface area contributed by atoms with Gasteiger partial charge in [-0.1, -0.05) is 55.8 Å². The standard InChI is InChI=1S/C23H26N4O2/c1-3-4-14-24-23(28)20-15-21(25-16-17-10-12-19(29-2)13-11-17)27-22(26-20)18-8-6-5-7-9-18/h5-13,15H,3-4,14,16H2,1-2H3,(H,24,28)(H,25,26,27). The van der Waals surface area contributed by atoms with E-state index in [2.05, 4.69) is 27.5 Å². The molecule has 2 aromatic carbocycles. The fourth-order valence-electron chi connectivity index (χ4n) is 2.78. The van der Waals surface area contributed by atoms with Gasteiger partial charge in [0.2, 0.25) is 0 Å². The zero-order valence-corrected chi connectivity index (χ0v) is 16.8. The first-order valence-electron chi connectivity index (χ1n) is 9.79. The summed E-state index contributed by atoms with van der Waals surface area (Å²) >= 11 is 0. The van der Waals surface area contributed by atoms with Gasteiger partial charge in [0.15, 0.2) is 5.82 Å². The van der Waals surface area contributed by atoms with Crippen molar-refractivity contribution in [2.45, 2.75) is 26.3 Å². The van der Waals surface area contributed by atoms with E-state index in [1.165, 1.54) is 0 Å². The van der Waals surface area contributed by atoms with E-state index in [0.717, 1.165) is 29.7 Å². The molecule has 0 saturated heterocycles. The SMILES string of the molecule is CCCCNC(=O)c1cc(NCc2ccc(OC)cc2)nc(-c2ccccc2)n1.